The van der Waals surface area contributed by atoms with Crippen LogP contribution in [0.2, 0.25) is 0 Å². The number of hydrogen-bond donors (Lipinski definition) is 2. The Hall–Kier alpha value is -2.89. The van der Waals surface area contributed by atoms with Crippen molar-refractivity contribution in [1.29, 1.82) is 0 Å². The van der Waals surface area contributed by atoms with E-state index in [1.807, 2.05) is 24.3 Å². The fourth-order valence-electron chi connectivity index (χ4n) is 3.88. The van der Waals surface area contributed by atoms with Gasteiger partial charge >= 0.3 is 5.97 Å². The minimum absolute atomic E-state index is 0.105. The highest BCUT2D eigenvalue weighted by atomic mass is 16.5. The maximum Gasteiger partial charge on any atom is 0.339 e. The Bertz CT molecular complexity index is 903. The van der Waals surface area contributed by atoms with E-state index in [0.29, 0.717) is 18.0 Å². The number of esters is 1. The van der Waals surface area contributed by atoms with Crippen LogP contribution >= 0.6 is 0 Å². The zero-order chi connectivity index (χ0) is 20.8. The van der Waals surface area contributed by atoms with Crippen LogP contribution in [-0.4, -0.2) is 30.9 Å². The first-order valence-electron chi connectivity index (χ1n) is 10.2. The third-order valence-electron chi connectivity index (χ3n) is 5.52. The molecule has 6 nitrogen and oxygen atoms in total. The molecule has 0 aliphatic heterocycles. The van der Waals surface area contributed by atoms with Crippen molar-refractivity contribution < 1.29 is 19.1 Å². The molecule has 1 unspecified atom stereocenters. The van der Waals surface area contributed by atoms with E-state index >= 15 is 0 Å². The van der Waals surface area contributed by atoms with Gasteiger partial charge in [0.2, 0.25) is 11.8 Å². The minimum atomic E-state index is -0.706. The largest absolute Gasteiger partial charge is 0.465 e. The smallest absolute Gasteiger partial charge is 0.339 e. The van der Waals surface area contributed by atoms with Gasteiger partial charge < -0.3 is 15.4 Å². The lowest BCUT2D eigenvalue weighted by atomic mass is 9.87. The highest BCUT2D eigenvalue weighted by Crippen LogP contribution is 2.27. The Morgan fingerprint density at radius 2 is 1.72 bits per heavy atom. The molecule has 2 amide bonds. The molecule has 2 N–H and O–H groups in total. The van der Waals surface area contributed by atoms with Crippen molar-refractivity contribution in [3.63, 3.8) is 0 Å². The lowest BCUT2D eigenvalue weighted by Crippen LogP contribution is -2.42. The summed E-state index contributed by atoms with van der Waals surface area (Å²) in [5.41, 5.74) is 0.647. The standard InChI is InChI=1S/C23H28N2O4/c1-15(24-21(26)12-16-8-4-3-5-9-16)22(27)25-20-14-18-11-7-6-10-17(18)13-19(20)23(28)29-2/h6-7,10-11,13-16H,3-5,8-9,12H2,1-2H3,(H,24,26)(H,25,27). The van der Waals surface area contributed by atoms with Crippen LogP contribution < -0.4 is 10.6 Å². The lowest BCUT2D eigenvalue weighted by Gasteiger charge is -2.22. The molecular weight excluding hydrogens is 368 g/mol. The van der Waals surface area contributed by atoms with Crippen LogP contribution in [0, 0.1) is 5.92 Å². The number of fused-ring (bicyclic) bond motifs is 1. The Morgan fingerprint density at radius 3 is 2.38 bits per heavy atom. The number of hydrogen-bond acceptors (Lipinski definition) is 4. The van der Waals surface area contributed by atoms with Gasteiger partial charge in [-0.2, -0.15) is 0 Å². The molecular formula is C23H28N2O4. The minimum Gasteiger partial charge on any atom is -0.465 e. The highest BCUT2D eigenvalue weighted by Gasteiger charge is 2.22. The van der Waals surface area contributed by atoms with Crippen LogP contribution in [0.25, 0.3) is 10.8 Å². The summed E-state index contributed by atoms with van der Waals surface area (Å²) in [5.74, 6) is -0.598. The molecule has 0 radical (unpaired) electrons. The van der Waals surface area contributed by atoms with Gasteiger partial charge in [0.1, 0.15) is 6.04 Å². The predicted molar refractivity (Wildman–Crippen MR) is 113 cm³/mol. The molecule has 1 aliphatic carbocycles. The molecule has 1 atom stereocenters. The van der Waals surface area contributed by atoms with Gasteiger partial charge in [0.05, 0.1) is 18.4 Å². The summed E-state index contributed by atoms with van der Waals surface area (Å²) in [4.78, 5) is 37.2. The van der Waals surface area contributed by atoms with Gasteiger partial charge in [-0.05, 0) is 48.6 Å². The van der Waals surface area contributed by atoms with Crippen molar-refractivity contribution in [2.75, 3.05) is 12.4 Å². The van der Waals surface area contributed by atoms with Crippen molar-refractivity contribution in [3.8, 4) is 0 Å². The molecule has 0 spiro atoms. The fourth-order valence-corrected chi connectivity index (χ4v) is 3.88. The fraction of sp³-hybridized carbons (Fsp3) is 0.435. The lowest BCUT2D eigenvalue weighted by molar-refractivity contribution is -0.127. The molecule has 154 valence electrons. The molecule has 29 heavy (non-hydrogen) atoms. The maximum absolute atomic E-state index is 12.7. The van der Waals surface area contributed by atoms with Crippen LogP contribution in [0.1, 0.15) is 55.8 Å². The Kier molecular flexibility index (Phi) is 6.86. The van der Waals surface area contributed by atoms with Gasteiger partial charge in [-0.25, -0.2) is 4.79 Å². The van der Waals surface area contributed by atoms with Gasteiger partial charge in [-0.15, -0.1) is 0 Å². The number of methoxy groups -OCH3 is 1. The van der Waals surface area contributed by atoms with Gasteiger partial charge in [0, 0.05) is 6.42 Å². The van der Waals surface area contributed by atoms with E-state index in [-0.39, 0.29) is 17.4 Å². The van der Waals surface area contributed by atoms with E-state index in [9.17, 15) is 14.4 Å². The first-order chi connectivity index (χ1) is 14.0. The highest BCUT2D eigenvalue weighted by molar-refractivity contribution is 6.07. The average molecular weight is 396 g/mol. The molecule has 1 saturated carbocycles. The normalized spacial score (nSPS) is 15.5. The molecule has 2 aromatic rings. The Labute approximate surface area is 171 Å². The summed E-state index contributed by atoms with van der Waals surface area (Å²) in [6.07, 6.45) is 6.20. The van der Waals surface area contributed by atoms with Crippen LogP contribution in [0.4, 0.5) is 5.69 Å². The second-order valence-electron chi connectivity index (χ2n) is 7.72. The topological polar surface area (TPSA) is 84.5 Å². The summed E-state index contributed by atoms with van der Waals surface area (Å²) >= 11 is 0. The number of ether oxygens (including phenoxy) is 1. The van der Waals surface area contributed by atoms with Gasteiger partial charge in [0.25, 0.3) is 0 Å². The van der Waals surface area contributed by atoms with Crippen LogP contribution in [-0.2, 0) is 14.3 Å². The molecule has 0 aromatic heterocycles. The predicted octanol–water partition coefficient (Wildman–Crippen LogP) is 4.04. The Balaban J connectivity index is 1.69. The second kappa shape index (κ2) is 9.54. The number of carbonyl (C=O) groups is 3. The van der Waals surface area contributed by atoms with Crippen molar-refractivity contribution in [2.24, 2.45) is 5.92 Å². The van der Waals surface area contributed by atoms with E-state index in [1.54, 1.807) is 19.1 Å². The summed E-state index contributed by atoms with van der Waals surface area (Å²) in [6, 6.07) is 10.3. The van der Waals surface area contributed by atoms with E-state index in [0.717, 1.165) is 23.6 Å². The molecule has 0 heterocycles. The first kappa shape index (κ1) is 20.8. The molecule has 1 fully saturated rings. The number of rotatable bonds is 6. The first-order valence-corrected chi connectivity index (χ1v) is 10.2. The van der Waals surface area contributed by atoms with E-state index in [2.05, 4.69) is 10.6 Å². The molecule has 1 aliphatic rings. The molecule has 0 saturated heterocycles. The summed E-state index contributed by atoms with van der Waals surface area (Å²) in [6.45, 7) is 1.65. The number of carbonyl (C=O) groups excluding carboxylic acids is 3. The zero-order valence-corrected chi connectivity index (χ0v) is 17.0. The third-order valence-corrected chi connectivity index (χ3v) is 5.52. The quantitative estimate of drug-likeness (QED) is 0.722. The van der Waals surface area contributed by atoms with Gasteiger partial charge in [-0.3, -0.25) is 9.59 Å². The summed E-state index contributed by atoms with van der Waals surface area (Å²) in [5, 5.41) is 7.32. The second-order valence-corrected chi connectivity index (χ2v) is 7.72. The summed E-state index contributed by atoms with van der Waals surface area (Å²) in [7, 11) is 1.30. The number of nitrogens with one attached hydrogen (secondary N) is 2. The number of anilines is 1. The SMILES string of the molecule is COC(=O)c1cc2ccccc2cc1NC(=O)C(C)NC(=O)CC1CCCCC1. The van der Waals surface area contributed by atoms with E-state index < -0.39 is 12.0 Å². The number of benzene rings is 2. The molecule has 2 aromatic carbocycles. The van der Waals surface area contributed by atoms with E-state index in [1.165, 1.54) is 26.4 Å². The third kappa shape index (κ3) is 5.34. The molecule has 6 heteroatoms. The van der Waals surface area contributed by atoms with Gasteiger partial charge in [0.15, 0.2) is 0 Å². The van der Waals surface area contributed by atoms with Crippen molar-refractivity contribution in [3.05, 3.63) is 42.0 Å². The monoisotopic (exact) mass is 396 g/mol. The average Bonchev–Trinajstić information content (AvgIpc) is 2.73. The van der Waals surface area contributed by atoms with Crippen molar-refractivity contribution in [2.45, 2.75) is 51.5 Å². The van der Waals surface area contributed by atoms with Crippen molar-refractivity contribution >= 4 is 34.2 Å². The van der Waals surface area contributed by atoms with Crippen LogP contribution in [0.15, 0.2) is 36.4 Å². The summed E-state index contributed by atoms with van der Waals surface area (Å²) < 4.78 is 4.86. The van der Waals surface area contributed by atoms with Crippen LogP contribution in [0.3, 0.4) is 0 Å². The van der Waals surface area contributed by atoms with Gasteiger partial charge in [-0.1, -0.05) is 43.5 Å². The van der Waals surface area contributed by atoms with Crippen molar-refractivity contribution in [1.82, 2.24) is 5.32 Å². The zero-order valence-electron chi connectivity index (χ0n) is 17.0. The molecule has 0 bridgehead atoms. The van der Waals surface area contributed by atoms with Crippen LogP contribution in [0.5, 0.6) is 0 Å². The molecule has 3 rings (SSSR count). The Morgan fingerprint density at radius 1 is 1.07 bits per heavy atom. The number of amides is 2. The van der Waals surface area contributed by atoms with E-state index in [4.69, 9.17) is 4.74 Å². The maximum atomic E-state index is 12.7.